The Morgan fingerprint density at radius 3 is 2.73 bits per heavy atom. The van der Waals surface area contributed by atoms with Crippen LogP contribution < -0.4 is 10.6 Å². The summed E-state index contributed by atoms with van der Waals surface area (Å²) in [6.07, 6.45) is 6.58. The Hall–Kier alpha value is -3.23. The molecule has 3 heterocycles. The number of rotatable bonds is 7. The van der Waals surface area contributed by atoms with Gasteiger partial charge in [-0.1, -0.05) is 18.2 Å². The van der Waals surface area contributed by atoms with Gasteiger partial charge < -0.3 is 10.1 Å². The van der Waals surface area contributed by atoms with E-state index in [1.165, 1.54) is 5.56 Å². The summed E-state index contributed by atoms with van der Waals surface area (Å²) in [7, 11) is 1.72. The second-order valence-corrected chi connectivity index (χ2v) is 8.72. The van der Waals surface area contributed by atoms with Crippen LogP contribution in [0.25, 0.3) is 5.69 Å². The molecule has 1 aromatic carbocycles. The Kier molecular flexibility index (Phi) is 6.37. The first-order chi connectivity index (χ1) is 16.2. The molecule has 2 aliphatic rings. The van der Waals surface area contributed by atoms with Gasteiger partial charge >= 0.3 is 6.03 Å². The van der Waals surface area contributed by atoms with Gasteiger partial charge in [-0.25, -0.2) is 9.48 Å². The summed E-state index contributed by atoms with van der Waals surface area (Å²) in [5.41, 5.74) is 4.36. The molecule has 2 aromatic heterocycles. The molecule has 0 bridgehead atoms. The maximum absolute atomic E-state index is 13.2. The predicted octanol–water partition coefficient (Wildman–Crippen LogP) is 2.99. The van der Waals surface area contributed by atoms with Crippen molar-refractivity contribution in [3.05, 3.63) is 71.7 Å². The van der Waals surface area contributed by atoms with Crippen LogP contribution in [-0.4, -0.2) is 65.1 Å². The molecule has 1 fully saturated rings. The topological polar surface area (TPSA) is 84.3 Å². The van der Waals surface area contributed by atoms with Crippen LogP contribution >= 0.6 is 0 Å². The Morgan fingerprint density at radius 2 is 1.94 bits per heavy atom. The zero-order valence-corrected chi connectivity index (χ0v) is 18.9. The molecular weight excluding hydrogens is 416 g/mol. The second-order valence-electron chi connectivity index (χ2n) is 8.72. The van der Waals surface area contributed by atoms with E-state index in [1.54, 1.807) is 7.11 Å². The monoisotopic (exact) mass is 446 g/mol. The number of aryl methyl sites for hydroxylation is 1. The number of anilines is 1. The van der Waals surface area contributed by atoms with Crippen molar-refractivity contribution in [2.75, 3.05) is 38.7 Å². The number of carbonyl (C=O) groups excluding carboxylic acids is 1. The van der Waals surface area contributed by atoms with Crippen molar-refractivity contribution in [2.45, 2.75) is 31.2 Å². The summed E-state index contributed by atoms with van der Waals surface area (Å²) in [6, 6.07) is 13.8. The average Bonchev–Trinajstić information content (AvgIpc) is 3.55. The van der Waals surface area contributed by atoms with Crippen molar-refractivity contribution in [1.29, 1.82) is 0 Å². The Labute approximate surface area is 194 Å². The number of fused-ring (bicyclic) bond motifs is 1. The van der Waals surface area contributed by atoms with Gasteiger partial charge in [0.15, 0.2) is 0 Å². The van der Waals surface area contributed by atoms with E-state index >= 15 is 0 Å². The SMILES string of the molecule is COCCN1C[C@H](NC(=O)Nc2c3c(nn2-c2ccccc2)CCC3)[C@@H](c2ccncc2)C1. The highest BCUT2D eigenvalue weighted by atomic mass is 16.5. The fourth-order valence-corrected chi connectivity index (χ4v) is 4.97. The minimum Gasteiger partial charge on any atom is -0.383 e. The molecule has 0 saturated carbocycles. The summed E-state index contributed by atoms with van der Waals surface area (Å²) < 4.78 is 7.13. The first kappa shape index (κ1) is 21.6. The van der Waals surface area contributed by atoms with Crippen LogP contribution in [-0.2, 0) is 17.6 Å². The number of para-hydroxylation sites is 1. The predicted molar refractivity (Wildman–Crippen MR) is 127 cm³/mol. The largest absolute Gasteiger partial charge is 0.383 e. The quantitative estimate of drug-likeness (QED) is 0.583. The average molecular weight is 447 g/mol. The van der Waals surface area contributed by atoms with Crippen LogP contribution in [0, 0.1) is 0 Å². The summed E-state index contributed by atoms with van der Waals surface area (Å²) >= 11 is 0. The molecule has 8 heteroatoms. The van der Waals surface area contributed by atoms with Gasteiger partial charge in [0.05, 0.1) is 24.0 Å². The van der Waals surface area contributed by atoms with Gasteiger partial charge in [-0.15, -0.1) is 0 Å². The Morgan fingerprint density at radius 1 is 1.12 bits per heavy atom. The number of hydrogen-bond acceptors (Lipinski definition) is 5. The highest BCUT2D eigenvalue weighted by Crippen LogP contribution is 2.31. The highest BCUT2D eigenvalue weighted by Gasteiger charge is 2.35. The van der Waals surface area contributed by atoms with Gasteiger partial charge in [-0.3, -0.25) is 15.2 Å². The summed E-state index contributed by atoms with van der Waals surface area (Å²) in [4.78, 5) is 19.7. The minimum absolute atomic E-state index is 0.00889. The van der Waals surface area contributed by atoms with Crippen molar-refractivity contribution in [3.8, 4) is 5.69 Å². The van der Waals surface area contributed by atoms with E-state index in [1.807, 2.05) is 59.5 Å². The van der Waals surface area contributed by atoms with Crippen LogP contribution in [0.4, 0.5) is 10.6 Å². The molecule has 33 heavy (non-hydrogen) atoms. The fraction of sp³-hybridized carbons (Fsp3) is 0.400. The number of nitrogens with zero attached hydrogens (tertiary/aromatic N) is 4. The highest BCUT2D eigenvalue weighted by molar-refractivity contribution is 5.90. The van der Waals surface area contributed by atoms with Crippen LogP contribution in [0.3, 0.4) is 0 Å². The molecule has 1 aliphatic heterocycles. The number of ether oxygens (including phenoxy) is 1. The molecule has 0 radical (unpaired) electrons. The lowest BCUT2D eigenvalue weighted by atomic mass is 9.95. The van der Waals surface area contributed by atoms with Crippen molar-refractivity contribution < 1.29 is 9.53 Å². The number of pyridine rings is 1. The van der Waals surface area contributed by atoms with E-state index < -0.39 is 0 Å². The third-order valence-electron chi connectivity index (χ3n) is 6.60. The lowest BCUT2D eigenvalue weighted by molar-refractivity contribution is 0.159. The number of likely N-dealkylation sites (tertiary alicyclic amines) is 1. The van der Waals surface area contributed by atoms with E-state index in [2.05, 4.69) is 20.5 Å². The number of carbonyl (C=O) groups is 1. The number of urea groups is 1. The molecular formula is C25H30N6O2. The molecule has 1 saturated heterocycles. The first-order valence-electron chi connectivity index (χ1n) is 11.6. The van der Waals surface area contributed by atoms with Crippen LogP contribution in [0.1, 0.15) is 29.2 Å². The van der Waals surface area contributed by atoms with E-state index in [4.69, 9.17) is 9.84 Å². The molecule has 2 N–H and O–H groups in total. The van der Waals surface area contributed by atoms with E-state index in [-0.39, 0.29) is 18.0 Å². The van der Waals surface area contributed by atoms with Crippen molar-refractivity contribution >= 4 is 11.8 Å². The van der Waals surface area contributed by atoms with Gasteiger partial charge in [0, 0.05) is 50.6 Å². The van der Waals surface area contributed by atoms with Gasteiger partial charge in [0.2, 0.25) is 0 Å². The molecule has 8 nitrogen and oxygen atoms in total. The summed E-state index contributed by atoms with van der Waals surface area (Å²) in [5, 5.41) is 11.2. The van der Waals surface area contributed by atoms with Crippen molar-refractivity contribution in [2.24, 2.45) is 0 Å². The smallest absolute Gasteiger partial charge is 0.320 e. The molecule has 0 unspecified atom stereocenters. The lowest BCUT2D eigenvalue weighted by Crippen LogP contribution is -2.42. The Balaban J connectivity index is 1.35. The zero-order valence-electron chi connectivity index (χ0n) is 18.9. The number of methoxy groups -OCH3 is 1. The van der Waals surface area contributed by atoms with Crippen molar-refractivity contribution in [3.63, 3.8) is 0 Å². The Bertz CT molecular complexity index is 1090. The summed E-state index contributed by atoms with van der Waals surface area (Å²) in [6.45, 7) is 3.16. The first-order valence-corrected chi connectivity index (χ1v) is 11.6. The number of hydrogen-bond donors (Lipinski definition) is 2. The third-order valence-corrected chi connectivity index (χ3v) is 6.60. The number of amides is 2. The summed E-state index contributed by atoms with van der Waals surface area (Å²) in [5.74, 6) is 0.973. The van der Waals surface area contributed by atoms with Crippen LogP contribution in [0.5, 0.6) is 0 Å². The van der Waals surface area contributed by atoms with E-state index in [0.717, 1.165) is 61.7 Å². The minimum atomic E-state index is -0.195. The normalized spacial score (nSPS) is 20.0. The van der Waals surface area contributed by atoms with Gasteiger partial charge in [-0.05, 0) is 49.1 Å². The molecule has 5 rings (SSSR count). The molecule has 172 valence electrons. The zero-order chi connectivity index (χ0) is 22.6. The lowest BCUT2D eigenvalue weighted by Gasteiger charge is -2.21. The van der Waals surface area contributed by atoms with Crippen LogP contribution in [0.2, 0.25) is 0 Å². The second kappa shape index (κ2) is 9.72. The third kappa shape index (κ3) is 4.62. The van der Waals surface area contributed by atoms with Gasteiger partial charge in [0.25, 0.3) is 0 Å². The molecule has 3 aromatic rings. The van der Waals surface area contributed by atoms with Gasteiger partial charge in [-0.2, -0.15) is 5.10 Å². The molecule has 2 amide bonds. The van der Waals surface area contributed by atoms with E-state index in [0.29, 0.717) is 6.61 Å². The number of aromatic nitrogens is 3. The molecule has 2 atom stereocenters. The number of nitrogens with one attached hydrogen (secondary N) is 2. The fourth-order valence-electron chi connectivity index (χ4n) is 4.97. The standard InChI is InChI=1S/C25H30N6O2/c1-33-15-14-30-16-21(18-10-12-26-13-11-18)23(17-30)27-25(32)28-24-20-8-5-9-22(20)29-31(24)19-6-3-2-4-7-19/h2-4,6-7,10-13,21,23H,5,8-9,14-17H2,1H3,(H2,27,28,32)/t21-,23+/m1/s1. The van der Waals surface area contributed by atoms with Gasteiger partial charge in [0.1, 0.15) is 5.82 Å². The maximum Gasteiger partial charge on any atom is 0.320 e. The van der Waals surface area contributed by atoms with Crippen LogP contribution in [0.15, 0.2) is 54.9 Å². The number of benzene rings is 1. The molecule has 1 aliphatic carbocycles. The maximum atomic E-state index is 13.2. The molecule has 0 spiro atoms. The van der Waals surface area contributed by atoms with E-state index in [9.17, 15) is 4.79 Å². The van der Waals surface area contributed by atoms with Crippen molar-refractivity contribution in [1.82, 2.24) is 25.0 Å².